The number of hydrogen-bond acceptors (Lipinski definition) is 7. The SMILES string of the molecule is CCCOC(=O)c1cnc2nc(C)ccc2c1Nc1ccc2c(c1)OCO2. The first kappa shape index (κ1) is 17.1. The van der Waals surface area contributed by atoms with Crippen molar-refractivity contribution < 1.29 is 19.0 Å². The summed E-state index contributed by atoms with van der Waals surface area (Å²) in [7, 11) is 0. The van der Waals surface area contributed by atoms with Gasteiger partial charge in [0, 0.05) is 29.0 Å². The largest absolute Gasteiger partial charge is 0.462 e. The van der Waals surface area contributed by atoms with Gasteiger partial charge in [0.15, 0.2) is 17.1 Å². The van der Waals surface area contributed by atoms with Crippen molar-refractivity contribution in [2.24, 2.45) is 0 Å². The molecule has 3 heterocycles. The van der Waals surface area contributed by atoms with E-state index in [9.17, 15) is 4.79 Å². The minimum Gasteiger partial charge on any atom is -0.462 e. The second kappa shape index (κ2) is 7.11. The zero-order valence-corrected chi connectivity index (χ0v) is 15.1. The minimum absolute atomic E-state index is 0.203. The summed E-state index contributed by atoms with van der Waals surface area (Å²) in [4.78, 5) is 21.3. The van der Waals surface area contributed by atoms with E-state index in [-0.39, 0.29) is 6.79 Å². The van der Waals surface area contributed by atoms with E-state index in [1.807, 2.05) is 44.2 Å². The van der Waals surface area contributed by atoms with Gasteiger partial charge in [-0.3, -0.25) is 0 Å². The predicted octanol–water partition coefficient (Wildman–Crippen LogP) is 3.98. The molecule has 0 aliphatic carbocycles. The zero-order valence-electron chi connectivity index (χ0n) is 15.1. The molecule has 0 fully saturated rings. The number of nitrogens with one attached hydrogen (secondary N) is 1. The smallest absolute Gasteiger partial charge is 0.341 e. The summed E-state index contributed by atoms with van der Waals surface area (Å²) in [5.41, 5.74) is 3.14. The Hall–Kier alpha value is -3.35. The minimum atomic E-state index is -0.421. The van der Waals surface area contributed by atoms with Crippen LogP contribution in [-0.4, -0.2) is 29.3 Å². The number of benzene rings is 1. The number of esters is 1. The van der Waals surface area contributed by atoms with Crippen LogP contribution in [0.4, 0.5) is 11.4 Å². The van der Waals surface area contributed by atoms with Crippen molar-refractivity contribution in [2.75, 3.05) is 18.7 Å². The van der Waals surface area contributed by atoms with Crippen molar-refractivity contribution in [3.05, 3.63) is 47.8 Å². The molecule has 0 bridgehead atoms. The first-order valence-corrected chi connectivity index (χ1v) is 8.76. The molecule has 138 valence electrons. The van der Waals surface area contributed by atoms with E-state index in [4.69, 9.17) is 14.2 Å². The molecule has 1 aromatic carbocycles. The molecule has 7 heteroatoms. The van der Waals surface area contributed by atoms with Crippen molar-refractivity contribution in [2.45, 2.75) is 20.3 Å². The van der Waals surface area contributed by atoms with Gasteiger partial charge in [0.2, 0.25) is 6.79 Å². The predicted molar refractivity (Wildman–Crippen MR) is 101 cm³/mol. The zero-order chi connectivity index (χ0) is 18.8. The van der Waals surface area contributed by atoms with E-state index < -0.39 is 5.97 Å². The maximum atomic E-state index is 12.5. The number of nitrogens with zero attached hydrogens (tertiary/aromatic N) is 2. The topological polar surface area (TPSA) is 82.6 Å². The molecule has 0 unspecified atom stereocenters. The Bertz CT molecular complexity index is 1020. The number of carbonyl (C=O) groups excluding carboxylic acids is 1. The third kappa shape index (κ3) is 3.36. The van der Waals surface area contributed by atoms with Crippen molar-refractivity contribution in [3.8, 4) is 11.5 Å². The Morgan fingerprint density at radius 3 is 2.93 bits per heavy atom. The average molecular weight is 365 g/mol. The van der Waals surface area contributed by atoms with Gasteiger partial charge in [-0.25, -0.2) is 14.8 Å². The number of aryl methyl sites for hydroxylation is 1. The van der Waals surface area contributed by atoms with Crippen LogP contribution in [0.5, 0.6) is 11.5 Å². The molecule has 2 aromatic heterocycles. The molecule has 1 aliphatic heterocycles. The van der Waals surface area contributed by atoms with Crippen LogP contribution in [0.1, 0.15) is 29.4 Å². The maximum Gasteiger partial charge on any atom is 0.341 e. The number of anilines is 2. The molecule has 7 nitrogen and oxygen atoms in total. The lowest BCUT2D eigenvalue weighted by atomic mass is 10.1. The third-order valence-corrected chi connectivity index (χ3v) is 4.17. The summed E-state index contributed by atoms with van der Waals surface area (Å²) in [6.45, 7) is 4.40. The fraction of sp³-hybridized carbons (Fsp3) is 0.250. The molecule has 4 rings (SSSR count). The summed E-state index contributed by atoms with van der Waals surface area (Å²) < 4.78 is 16.1. The first-order chi connectivity index (χ1) is 13.2. The number of ether oxygens (including phenoxy) is 3. The summed E-state index contributed by atoms with van der Waals surface area (Å²) in [5, 5.41) is 4.05. The van der Waals surface area contributed by atoms with Gasteiger partial charge in [-0.2, -0.15) is 0 Å². The Kier molecular flexibility index (Phi) is 4.50. The van der Waals surface area contributed by atoms with E-state index in [2.05, 4.69) is 15.3 Å². The van der Waals surface area contributed by atoms with Crippen molar-refractivity contribution in [1.82, 2.24) is 9.97 Å². The fourth-order valence-corrected chi connectivity index (χ4v) is 2.85. The highest BCUT2D eigenvalue weighted by molar-refractivity contribution is 6.05. The number of fused-ring (bicyclic) bond motifs is 2. The third-order valence-electron chi connectivity index (χ3n) is 4.17. The van der Waals surface area contributed by atoms with Gasteiger partial charge in [0.1, 0.15) is 5.56 Å². The van der Waals surface area contributed by atoms with Crippen molar-refractivity contribution >= 4 is 28.4 Å². The van der Waals surface area contributed by atoms with Gasteiger partial charge in [-0.1, -0.05) is 6.92 Å². The summed E-state index contributed by atoms with van der Waals surface area (Å²) >= 11 is 0. The normalized spacial score (nSPS) is 12.2. The average Bonchev–Trinajstić information content (AvgIpc) is 3.14. The molecule has 0 radical (unpaired) electrons. The van der Waals surface area contributed by atoms with Crippen molar-refractivity contribution in [1.29, 1.82) is 0 Å². The summed E-state index contributed by atoms with van der Waals surface area (Å²) in [6, 6.07) is 9.30. The van der Waals surface area contributed by atoms with Crippen LogP contribution in [0.25, 0.3) is 11.0 Å². The Balaban J connectivity index is 1.79. The first-order valence-electron chi connectivity index (χ1n) is 8.76. The lowest BCUT2D eigenvalue weighted by Crippen LogP contribution is -2.10. The van der Waals surface area contributed by atoms with E-state index in [1.54, 1.807) is 0 Å². The second-order valence-corrected chi connectivity index (χ2v) is 6.20. The highest BCUT2D eigenvalue weighted by atomic mass is 16.7. The van der Waals surface area contributed by atoms with Gasteiger partial charge in [0.05, 0.1) is 12.3 Å². The lowest BCUT2D eigenvalue weighted by Gasteiger charge is -2.14. The summed E-state index contributed by atoms with van der Waals surface area (Å²) in [5.74, 6) is 0.928. The standard InChI is InChI=1S/C20H19N3O4/c1-3-8-25-20(24)15-10-21-19-14(6-4-12(2)22-19)18(15)23-13-5-7-16-17(9-13)27-11-26-16/h4-7,9-10H,3,8,11H2,1-2H3,(H,21,22,23). The second-order valence-electron chi connectivity index (χ2n) is 6.20. The molecule has 0 saturated carbocycles. The van der Waals surface area contributed by atoms with Crippen molar-refractivity contribution in [3.63, 3.8) is 0 Å². The van der Waals surface area contributed by atoms with Crippen LogP contribution in [0.3, 0.4) is 0 Å². The lowest BCUT2D eigenvalue weighted by molar-refractivity contribution is 0.0506. The van der Waals surface area contributed by atoms with Crippen LogP contribution >= 0.6 is 0 Å². The molecule has 0 saturated heterocycles. The molecule has 0 atom stereocenters. The molecule has 0 spiro atoms. The molecular formula is C20H19N3O4. The number of pyridine rings is 2. The Morgan fingerprint density at radius 2 is 2.07 bits per heavy atom. The van der Waals surface area contributed by atoms with Gasteiger partial charge in [0.25, 0.3) is 0 Å². The van der Waals surface area contributed by atoms with E-state index in [1.165, 1.54) is 6.20 Å². The number of rotatable bonds is 5. The van der Waals surface area contributed by atoms with Gasteiger partial charge in [-0.05, 0) is 37.6 Å². The molecular weight excluding hydrogens is 346 g/mol. The maximum absolute atomic E-state index is 12.5. The fourth-order valence-electron chi connectivity index (χ4n) is 2.85. The van der Waals surface area contributed by atoms with Crippen LogP contribution in [-0.2, 0) is 4.74 Å². The Morgan fingerprint density at radius 1 is 1.22 bits per heavy atom. The molecule has 1 aliphatic rings. The van der Waals surface area contributed by atoms with E-state index in [0.717, 1.165) is 23.2 Å². The molecule has 1 N–H and O–H groups in total. The number of hydrogen-bond donors (Lipinski definition) is 1. The highest BCUT2D eigenvalue weighted by Crippen LogP contribution is 2.36. The highest BCUT2D eigenvalue weighted by Gasteiger charge is 2.19. The van der Waals surface area contributed by atoms with Crippen LogP contribution in [0, 0.1) is 6.92 Å². The molecule has 27 heavy (non-hydrogen) atoms. The summed E-state index contributed by atoms with van der Waals surface area (Å²) in [6.07, 6.45) is 2.25. The molecule has 3 aromatic rings. The van der Waals surface area contributed by atoms with Gasteiger partial charge >= 0.3 is 5.97 Å². The Labute approximate surface area is 156 Å². The van der Waals surface area contributed by atoms with E-state index in [0.29, 0.717) is 35.0 Å². The van der Waals surface area contributed by atoms with E-state index >= 15 is 0 Å². The van der Waals surface area contributed by atoms with Crippen LogP contribution < -0.4 is 14.8 Å². The number of carbonyl (C=O) groups is 1. The molecule has 0 amide bonds. The monoisotopic (exact) mass is 365 g/mol. The van der Waals surface area contributed by atoms with Crippen LogP contribution in [0.2, 0.25) is 0 Å². The van der Waals surface area contributed by atoms with Gasteiger partial charge < -0.3 is 19.5 Å². The van der Waals surface area contributed by atoms with Crippen LogP contribution in [0.15, 0.2) is 36.5 Å². The quantitative estimate of drug-likeness (QED) is 0.685. The number of aromatic nitrogens is 2. The van der Waals surface area contributed by atoms with Gasteiger partial charge in [-0.15, -0.1) is 0 Å².